The van der Waals surface area contributed by atoms with Crippen molar-refractivity contribution < 1.29 is 19.7 Å². The molecule has 0 aliphatic carbocycles. The molecule has 0 aliphatic rings. The maximum Gasteiger partial charge on any atom is 0.0897 e. The van der Waals surface area contributed by atoms with Gasteiger partial charge in [-0.25, -0.2) is 0 Å². The molecule has 0 heterocycles. The zero-order valence-corrected chi connectivity index (χ0v) is 13.7. The van der Waals surface area contributed by atoms with Crippen LogP contribution >= 0.6 is 0 Å². The standard InChI is InChI=1S/C15H33NO4/c1-12(2)8-15(5,18)11-16-9-14(17)10-19-6-7-20-13(3)4/h12-14,16-18H,6-11H2,1-5H3. The van der Waals surface area contributed by atoms with Gasteiger partial charge in [0.2, 0.25) is 0 Å². The Morgan fingerprint density at radius 1 is 1.15 bits per heavy atom. The summed E-state index contributed by atoms with van der Waals surface area (Å²) < 4.78 is 10.6. The number of nitrogens with one attached hydrogen (secondary N) is 1. The van der Waals surface area contributed by atoms with Crippen LogP contribution in [0.4, 0.5) is 0 Å². The molecule has 0 bridgehead atoms. The van der Waals surface area contributed by atoms with Gasteiger partial charge in [0.1, 0.15) is 0 Å². The second kappa shape index (κ2) is 10.5. The fourth-order valence-corrected chi connectivity index (χ4v) is 2.08. The van der Waals surface area contributed by atoms with Crippen molar-refractivity contribution in [3.05, 3.63) is 0 Å². The average molecular weight is 291 g/mol. The summed E-state index contributed by atoms with van der Waals surface area (Å²) in [7, 11) is 0. The van der Waals surface area contributed by atoms with E-state index < -0.39 is 11.7 Å². The molecule has 0 aliphatic heterocycles. The van der Waals surface area contributed by atoms with Gasteiger partial charge in [-0.05, 0) is 33.1 Å². The van der Waals surface area contributed by atoms with Gasteiger partial charge >= 0.3 is 0 Å². The lowest BCUT2D eigenvalue weighted by atomic mass is 9.94. The molecule has 0 saturated carbocycles. The van der Waals surface area contributed by atoms with Crippen LogP contribution in [0.15, 0.2) is 0 Å². The van der Waals surface area contributed by atoms with Gasteiger partial charge in [0, 0.05) is 13.1 Å². The summed E-state index contributed by atoms with van der Waals surface area (Å²) in [5, 5.41) is 22.9. The third kappa shape index (κ3) is 12.8. The first-order valence-electron chi connectivity index (χ1n) is 7.53. The van der Waals surface area contributed by atoms with Crippen molar-refractivity contribution >= 4 is 0 Å². The van der Waals surface area contributed by atoms with Crippen molar-refractivity contribution in [2.75, 3.05) is 32.9 Å². The van der Waals surface area contributed by atoms with Crippen LogP contribution in [0.2, 0.25) is 0 Å². The predicted molar refractivity (Wildman–Crippen MR) is 80.9 cm³/mol. The molecule has 0 saturated heterocycles. The summed E-state index contributed by atoms with van der Waals surface area (Å²) in [6, 6.07) is 0. The molecule has 20 heavy (non-hydrogen) atoms. The van der Waals surface area contributed by atoms with Gasteiger partial charge in [-0.2, -0.15) is 0 Å². The minimum Gasteiger partial charge on any atom is -0.389 e. The summed E-state index contributed by atoms with van der Waals surface area (Å²) >= 11 is 0. The van der Waals surface area contributed by atoms with Crippen molar-refractivity contribution in [1.29, 1.82) is 0 Å². The normalized spacial score (nSPS) is 16.6. The lowest BCUT2D eigenvalue weighted by molar-refractivity contribution is -0.0126. The quantitative estimate of drug-likeness (QED) is 0.471. The van der Waals surface area contributed by atoms with E-state index >= 15 is 0 Å². The van der Waals surface area contributed by atoms with Crippen molar-refractivity contribution in [3.63, 3.8) is 0 Å². The van der Waals surface area contributed by atoms with Gasteiger partial charge in [-0.15, -0.1) is 0 Å². The number of hydrogen-bond acceptors (Lipinski definition) is 5. The SMILES string of the molecule is CC(C)CC(C)(O)CNCC(O)COCCOC(C)C. The van der Waals surface area contributed by atoms with E-state index in [2.05, 4.69) is 19.2 Å². The van der Waals surface area contributed by atoms with E-state index in [4.69, 9.17) is 9.47 Å². The van der Waals surface area contributed by atoms with Crippen molar-refractivity contribution in [2.24, 2.45) is 5.92 Å². The third-order valence-corrected chi connectivity index (χ3v) is 2.72. The summed E-state index contributed by atoms with van der Waals surface area (Å²) in [6.07, 6.45) is 0.372. The highest BCUT2D eigenvalue weighted by molar-refractivity contribution is 4.77. The van der Waals surface area contributed by atoms with Gasteiger partial charge in [0.05, 0.1) is 37.6 Å². The van der Waals surface area contributed by atoms with Crippen LogP contribution in [0.3, 0.4) is 0 Å². The Bertz CT molecular complexity index is 232. The maximum absolute atomic E-state index is 10.1. The fraction of sp³-hybridized carbons (Fsp3) is 1.00. The molecular formula is C15H33NO4. The number of aliphatic hydroxyl groups is 2. The minimum absolute atomic E-state index is 0.202. The van der Waals surface area contributed by atoms with Gasteiger partial charge in [0.25, 0.3) is 0 Å². The van der Waals surface area contributed by atoms with Crippen LogP contribution < -0.4 is 5.32 Å². The van der Waals surface area contributed by atoms with E-state index in [-0.39, 0.29) is 12.7 Å². The zero-order valence-electron chi connectivity index (χ0n) is 13.7. The minimum atomic E-state index is -0.736. The second-order valence-corrected chi connectivity index (χ2v) is 6.37. The predicted octanol–water partition coefficient (Wildman–Crippen LogP) is 1.18. The highest BCUT2D eigenvalue weighted by Gasteiger charge is 2.21. The molecule has 0 fully saturated rings. The molecule has 0 radical (unpaired) electrons. The molecule has 5 nitrogen and oxygen atoms in total. The van der Waals surface area contributed by atoms with E-state index in [0.29, 0.717) is 32.2 Å². The van der Waals surface area contributed by atoms with Crippen LogP contribution in [0.25, 0.3) is 0 Å². The van der Waals surface area contributed by atoms with E-state index in [1.807, 2.05) is 20.8 Å². The number of aliphatic hydroxyl groups excluding tert-OH is 1. The van der Waals surface area contributed by atoms with E-state index in [0.717, 1.165) is 6.42 Å². The summed E-state index contributed by atoms with van der Waals surface area (Å²) in [5.41, 5.74) is -0.736. The lowest BCUT2D eigenvalue weighted by Gasteiger charge is -2.26. The molecule has 2 atom stereocenters. The average Bonchev–Trinajstić information content (AvgIpc) is 2.25. The van der Waals surface area contributed by atoms with Crippen molar-refractivity contribution in [1.82, 2.24) is 5.32 Å². The van der Waals surface area contributed by atoms with Gasteiger partial charge in [-0.1, -0.05) is 13.8 Å². The van der Waals surface area contributed by atoms with Gasteiger partial charge < -0.3 is 25.0 Å². The summed E-state index contributed by atoms with van der Waals surface area (Å²) in [4.78, 5) is 0. The van der Waals surface area contributed by atoms with Crippen LogP contribution in [0.5, 0.6) is 0 Å². The molecule has 0 aromatic heterocycles. The molecule has 0 aromatic carbocycles. The first kappa shape index (κ1) is 19.8. The lowest BCUT2D eigenvalue weighted by Crippen LogP contribution is -2.42. The Kier molecular flexibility index (Phi) is 10.4. The Labute approximate surface area is 123 Å². The topological polar surface area (TPSA) is 71.0 Å². The van der Waals surface area contributed by atoms with Crippen LogP contribution in [-0.2, 0) is 9.47 Å². The number of rotatable bonds is 12. The molecule has 0 spiro atoms. The molecule has 3 N–H and O–H groups in total. The van der Waals surface area contributed by atoms with E-state index in [9.17, 15) is 10.2 Å². The monoisotopic (exact) mass is 291 g/mol. The molecule has 0 rings (SSSR count). The van der Waals surface area contributed by atoms with Gasteiger partial charge in [0.15, 0.2) is 0 Å². The summed E-state index contributed by atoms with van der Waals surface area (Å²) in [5.74, 6) is 0.445. The Balaban J connectivity index is 3.55. The first-order chi connectivity index (χ1) is 9.23. The zero-order chi connectivity index (χ0) is 15.6. The third-order valence-electron chi connectivity index (χ3n) is 2.72. The maximum atomic E-state index is 10.1. The number of hydrogen-bond donors (Lipinski definition) is 3. The van der Waals surface area contributed by atoms with Crippen molar-refractivity contribution in [2.45, 2.75) is 58.8 Å². The second-order valence-electron chi connectivity index (χ2n) is 6.37. The molecule has 2 unspecified atom stereocenters. The Morgan fingerprint density at radius 2 is 1.80 bits per heavy atom. The largest absolute Gasteiger partial charge is 0.389 e. The molecule has 0 aromatic rings. The highest BCUT2D eigenvalue weighted by Crippen LogP contribution is 2.14. The summed E-state index contributed by atoms with van der Waals surface area (Å²) in [6.45, 7) is 12.1. The first-order valence-corrected chi connectivity index (χ1v) is 7.53. The van der Waals surface area contributed by atoms with E-state index in [1.54, 1.807) is 0 Å². The molecular weight excluding hydrogens is 258 g/mol. The Morgan fingerprint density at radius 3 is 2.35 bits per heavy atom. The molecule has 5 heteroatoms. The van der Waals surface area contributed by atoms with Crippen molar-refractivity contribution in [3.8, 4) is 0 Å². The van der Waals surface area contributed by atoms with Gasteiger partial charge in [-0.3, -0.25) is 0 Å². The smallest absolute Gasteiger partial charge is 0.0897 e. The van der Waals surface area contributed by atoms with Crippen LogP contribution in [0.1, 0.15) is 41.0 Å². The van der Waals surface area contributed by atoms with Crippen LogP contribution in [0, 0.1) is 5.92 Å². The van der Waals surface area contributed by atoms with Crippen LogP contribution in [-0.4, -0.2) is 60.9 Å². The molecule has 122 valence electrons. The Hall–Kier alpha value is -0.200. The highest BCUT2D eigenvalue weighted by atomic mass is 16.5. The van der Waals surface area contributed by atoms with E-state index in [1.165, 1.54) is 0 Å². The number of ether oxygens (including phenoxy) is 2. The molecule has 0 amide bonds. The fourth-order valence-electron chi connectivity index (χ4n) is 2.08.